The van der Waals surface area contributed by atoms with E-state index >= 15 is 0 Å². The van der Waals surface area contributed by atoms with Gasteiger partial charge in [-0.25, -0.2) is 14.3 Å². The molecule has 0 aliphatic carbocycles. The molecule has 4 aliphatic rings. The summed E-state index contributed by atoms with van der Waals surface area (Å²) in [5.74, 6) is 1.25. The van der Waals surface area contributed by atoms with Gasteiger partial charge in [0.1, 0.15) is 31.5 Å². The topological polar surface area (TPSA) is 157 Å². The average Bonchev–Trinajstić information content (AvgIpc) is 3.76. The predicted molar refractivity (Wildman–Crippen MR) is 169 cm³/mol. The number of nitrogens with zero attached hydrogens (tertiary/aromatic N) is 8. The van der Waals surface area contributed by atoms with E-state index in [9.17, 15) is 9.59 Å². The van der Waals surface area contributed by atoms with Crippen LogP contribution in [-0.4, -0.2) is 71.2 Å². The Labute approximate surface area is 348 Å². The Balaban J connectivity index is 0.000000279. The third-order valence-electron chi connectivity index (χ3n) is 6.64. The van der Waals surface area contributed by atoms with Gasteiger partial charge in [0.25, 0.3) is 0 Å². The number of amides is 2. The number of cyclic esters (lactones) is 2. The fourth-order valence-corrected chi connectivity index (χ4v) is 5.48. The Morgan fingerprint density at radius 1 is 0.978 bits per heavy atom. The molecule has 0 N–H and O–H groups in total. The van der Waals surface area contributed by atoms with Gasteiger partial charge in [0, 0.05) is 84.8 Å². The van der Waals surface area contributed by atoms with Crippen molar-refractivity contribution < 1.29 is 104 Å². The Kier molecular flexibility index (Phi) is 17.9. The molecule has 5 heterocycles. The van der Waals surface area contributed by atoms with Crippen LogP contribution < -0.4 is 19.3 Å². The van der Waals surface area contributed by atoms with Crippen molar-refractivity contribution >= 4 is 75.8 Å². The number of ether oxygens (including phenoxy) is 4. The standard InChI is InChI=1S/C13H10BrN4O3.C11H8BrN4O3.C2H4.Cu.HI.2U/c14-8-1-2-9-11(5-8)20-7-10-12(21-13(19)18(9)10)6-17-4-3-15-16-17;12-6-1-2-7-9(3-6)18-5-8-10(4-14-15-13)19-11(17)16(7)8;1-2;;;;/h2-5,10,12H,6-7H2;2-3,8,10H,4-5H2;1-2H2;;1H;;/q2*-1;;+1;;;/p-1/t10-,12-;8-,10-;;;;;/m00...../s1. The maximum Gasteiger partial charge on any atom is 0.404 e. The maximum atomic E-state index is 12.2. The minimum absolute atomic E-state index is 0. The molecule has 3 aromatic rings. The first-order valence-electron chi connectivity index (χ1n) is 12.6. The zero-order valence-electron chi connectivity index (χ0n) is 23.5. The molecule has 2 aromatic carbocycles. The number of hydrogen-bond donors (Lipinski definition) is 0. The first kappa shape index (κ1) is 41.3. The van der Waals surface area contributed by atoms with Gasteiger partial charge in [-0.15, -0.1) is 42.5 Å². The Hall–Kier alpha value is -0.917. The second-order valence-electron chi connectivity index (χ2n) is 8.94. The number of carbonyl (C=O) groups is 2. The van der Waals surface area contributed by atoms with Crippen molar-refractivity contribution in [2.45, 2.75) is 30.8 Å². The van der Waals surface area contributed by atoms with Crippen LogP contribution in [-0.2, 0) is 28.8 Å². The van der Waals surface area contributed by atoms with Crippen molar-refractivity contribution in [2.24, 2.45) is 5.11 Å². The molecule has 2 saturated heterocycles. The van der Waals surface area contributed by atoms with Crippen molar-refractivity contribution in [2.75, 3.05) is 29.6 Å². The van der Waals surface area contributed by atoms with E-state index in [0.717, 1.165) is 8.95 Å². The van der Waals surface area contributed by atoms with Crippen LogP contribution in [0, 0.1) is 74.4 Å². The van der Waals surface area contributed by atoms with Crippen molar-refractivity contribution in [3.05, 3.63) is 81.3 Å². The summed E-state index contributed by atoms with van der Waals surface area (Å²) in [7, 11) is 0. The third-order valence-corrected chi connectivity index (χ3v) is 7.55. The minimum Gasteiger partial charge on any atom is -0.515 e. The molecule has 244 valence electrons. The van der Waals surface area contributed by atoms with Crippen molar-refractivity contribution in [3.8, 4) is 11.5 Å². The molecule has 2 amide bonds. The van der Waals surface area contributed by atoms with E-state index in [1.54, 1.807) is 66.6 Å². The number of aromatic nitrogens is 3. The summed E-state index contributed by atoms with van der Waals surface area (Å²) in [4.78, 5) is 29.9. The van der Waals surface area contributed by atoms with E-state index < -0.39 is 12.2 Å². The van der Waals surface area contributed by atoms with Crippen LogP contribution in [0.1, 0.15) is 0 Å². The van der Waals surface area contributed by atoms with Crippen molar-refractivity contribution in [1.82, 2.24) is 15.0 Å². The number of halogens is 3. The van der Waals surface area contributed by atoms with E-state index in [4.69, 9.17) is 24.5 Å². The maximum absolute atomic E-state index is 12.2. The summed E-state index contributed by atoms with van der Waals surface area (Å²) in [6, 6.07) is 12.5. The number of hydrogen-bond acceptors (Lipinski definition) is 9. The summed E-state index contributed by atoms with van der Waals surface area (Å²) < 4.78 is 25.2. The van der Waals surface area contributed by atoms with Crippen LogP contribution in [0.25, 0.3) is 10.4 Å². The van der Waals surface area contributed by atoms with Gasteiger partial charge in [-0.2, -0.15) is 12.1 Å². The van der Waals surface area contributed by atoms with Gasteiger partial charge in [0.2, 0.25) is 0 Å². The SMILES string of the molecule is C=C.O=C1O[C@@H](Cn2ccnn2)[C@@H]2COc3cc(Br)[c-]cc3N12.[Cu][I].[N-]=[N+]=NC[C@@H]1OC(=O)N2c3c[c-]c(Br)cc3OC[C@@H]12.[U].[U]. The second-order valence-corrected chi connectivity index (χ2v) is 10.6. The number of azide groups is 1. The number of fused-ring (bicyclic) bond motifs is 6. The first-order valence-corrected chi connectivity index (χ1v) is 17.2. The quantitative estimate of drug-likeness (QED) is 0.0590. The van der Waals surface area contributed by atoms with Crippen LogP contribution in [0.15, 0.2) is 63.9 Å². The molecule has 2 fully saturated rings. The van der Waals surface area contributed by atoms with E-state index in [0.29, 0.717) is 42.6 Å². The number of anilines is 2. The Bertz CT molecular complexity index is 1540. The van der Waals surface area contributed by atoms with Gasteiger partial charge in [0.05, 0.1) is 25.3 Å². The van der Waals surface area contributed by atoms with E-state index in [-0.39, 0.29) is 93.1 Å². The smallest absolute Gasteiger partial charge is 0.404 e. The molecule has 4 aliphatic heterocycles. The van der Waals surface area contributed by atoms with E-state index in [2.05, 4.69) is 90.3 Å². The number of carbonyl (C=O) groups excluding carboxylic acids is 2. The van der Waals surface area contributed by atoms with Gasteiger partial charge in [-0.3, -0.25) is 0 Å². The predicted octanol–water partition coefficient (Wildman–Crippen LogP) is 5.96. The molecule has 0 bridgehead atoms. The number of benzene rings is 2. The second kappa shape index (κ2) is 19.9. The summed E-state index contributed by atoms with van der Waals surface area (Å²) in [5.41, 5.74) is 9.64. The molecular weight excluding hydrogens is 1350 g/mol. The van der Waals surface area contributed by atoms with Crippen molar-refractivity contribution in [3.63, 3.8) is 0 Å². The Morgan fingerprint density at radius 3 is 1.96 bits per heavy atom. The monoisotopic (exact) mass is 1370 g/mol. The molecule has 0 radical (unpaired) electrons. The van der Waals surface area contributed by atoms with Gasteiger partial charge in [-0.05, 0) is 16.9 Å². The van der Waals surface area contributed by atoms with E-state index in [1.165, 1.54) is 4.90 Å². The van der Waals surface area contributed by atoms with Crippen LogP contribution in [0.5, 0.6) is 11.5 Å². The zero-order chi connectivity index (χ0) is 31.8. The largest absolute Gasteiger partial charge is 0.515 e. The fraction of sp³-hybridized carbons (Fsp3) is 0.308. The molecular formula is C26H22Br2CuIN8O6U2-2. The molecule has 14 nitrogen and oxygen atoms in total. The molecule has 7 rings (SSSR count). The molecule has 1 aromatic heterocycles. The Morgan fingerprint density at radius 2 is 1.48 bits per heavy atom. The molecule has 20 heteroatoms. The minimum atomic E-state index is -0.486. The zero-order valence-corrected chi connectivity index (χ0v) is 38.1. The molecule has 0 saturated carbocycles. The summed E-state index contributed by atoms with van der Waals surface area (Å²) >= 11 is 12.5. The van der Waals surface area contributed by atoms with Crippen LogP contribution in [0.4, 0.5) is 21.0 Å². The summed E-state index contributed by atoms with van der Waals surface area (Å²) in [5, 5.41) is 11.1. The summed E-state index contributed by atoms with van der Waals surface area (Å²) in [6.45, 7) is 7.24. The number of rotatable bonds is 4. The van der Waals surface area contributed by atoms with Gasteiger partial charge in [0.15, 0.2) is 0 Å². The van der Waals surface area contributed by atoms with Gasteiger partial charge in [-0.1, -0.05) is 51.1 Å². The van der Waals surface area contributed by atoms with Crippen LogP contribution >= 0.6 is 52.2 Å². The average molecular weight is 1370 g/mol. The van der Waals surface area contributed by atoms with Crippen LogP contribution in [0.2, 0.25) is 0 Å². The first-order chi connectivity index (χ1) is 21.4. The van der Waals surface area contributed by atoms with E-state index in [1.807, 2.05) is 0 Å². The molecule has 0 unspecified atom stereocenters. The normalized spacial score (nSPS) is 20.7. The summed E-state index contributed by atoms with van der Waals surface area (Å²) in [6.07, 6.45) is 1.69. The fourth-order valence-electron chi connectivity index (χ4n) is 4.84. The van der Waals surface area contributed by atoms with Crippen molar-refractivity contribution in [1.29, 1.82) is 0 Å². The molecule has 4 atom stereocenters. The molecule has 46 heavy (non-hydrogen) atoms. The van der Waals surface area contributed by atoms with Crippen LogP contribution in [0.3, 0.4) is 0 Å². The van der Waals surface area contributed by atoms with Gasteiger partial charge < -0.3 is 28.7 Å². The molecule has 0 spiro atoms. The van der Waals surface area contributed by atoms with Gasteiger partial charge >= 0.3 is 45.3 Å². The third kappa shape index (κ3) is 9.40.